The third kappa shape index (κ3) is 4.59. The molecule has 3 aromatic rings. The van der Waals surface area contributed by atoms with E-state index in [1.807, 2.05) is 30.3 Å². The quantitative estimate of drug-likeness (QED) is 0.637. The minimum absolute atomic E-state index is 0.211. The molecule has 0 amide bonds. The van der Waals surface area contributed by atoms with Crippen molar-refractivity contribution in [3.05, 3.63) is 41.6 Å². The SMILES string of the molecule is Nc1nc(-c2cnc(NCCN3CCOCC3)s2)cc(-c2ccccc2Cl)n1. The van der Waals surface area contributed by atoms with Crippen LogP contribution < -0.4 is 11.1 Å². The largest absolute Gasteiger partial charge is 0.379 e. The zero-order chi connectivity index (χ0) is 19.3. The van der Waals surface area contributed by atoms with Gasteiger partial charge < -0.3 is 15.8 Å². The molecule has 9 heteroatoms. The predicted molar refractivity (Wildman–Crippen MR) is 114 cm³/mol. The molecule has 2 aromatic heterocycles. The summed E-state index contributed by atoms with van der Waals surface area (Å²) in [5.74, 6) is 0.211. The third-order valence-corrected chi connectivity index (χ3v) is 5.77. The maximum Gasteiger partial charge on any atom is 0.221 e. The van der Waals surface area contributed by atoms with Gasteiger partial charge in [0.15, 0.2) is 5.13 Å². The highest BCUT2D eigenvalue weighted by atomic mass is 35.5. The molecule has 0 aliphatic carbocycles. The minimum Gasteiger partial charge on any atom is -0.379 e. The first-order valence-electron chi connectivity index (χ1n) is 9.09. The number of nitrogens with two attached hydrogens (primary N) is 1. The van der Waals surface area contributed by atoms with E-state index in [4.69, 9.17) is 22.1 Å². The van der Waals surface area contributed by atoms with Gasteiger partial charge in [-0.25, -0.2) is 15.0 Å². The molecule has 0 bridgehead atoms. The maximum absolute atomic E-state index is 6.30. The van der Waals surface area contributed by atoms with Gasteiger partial charge in [0.1, 0.15) is 0 Å². The van der Waals surface area contributed by atoms with E-state index in [1.165, 1.54) is 0 Å². The fourth-order valence-electron chi connectivity index (χ4n) is 3.02. The van der Waals surface area contributed by atoms with Gasteiger partial charge in [0.2, 0.25) is 5.95 Å². The van der Waals surface area contributed by atoms with E-state index in [9.17, 15) is 0 Å². The van der Waals surface area contributed by atoms with Crippen molar-refractivity contribution >= 4 is 34.0 Å². The number of ether oxygens (including phenoxy) is 1. The van der Waals surface area contributed by atoms with Crippen LogP contribution in [0.25, 0.3) is 21.8 Å². The van der Waals surface area contributed by atoms with E-state index in [-0.39, 0.29) is 5.95 Å². The topological polar surface area (TPSA) is 89.2 Å². The van der Waals surface area contributed by atoms with Crippen molar-refractivity contribution < 1.29 is 4.74 Å². The van der Waals surface area contributed by atoms with Crippen LogP contribution in [0.2, 0.25) is 5.02 Å². The fourth-order valence-corrected chi connectivity index (χ4v) is 4.05. The third-order valence-electron chi connectivity index (χ3n) is 4.46. The van der Waals surface area contributed by atoms with Crippen molar-refractivity contribution in [1.82, 2.24) is 19.9 Å². The second-order valence-corrected chi connectivity index (χ2v) is 7.82. The predicted octanol–water partition coefficient (Wildman–Crippen LogP) is 3.25. The summed E-state index contributed by atoms with van der Waals surface area (Å²) in [5.41, 5.74) is 8.20. The average molecular weight is 417 g/mol. The van der Waals surface area contributed by atoms with Crippen LogP contribution in [-0.2, 0) is 4.74 Å². The number of morpholine rings is 1. The zero-order valence-corrected chi connectivity index (χ0v) is 16.8. The maximum atomic E-state index is 6.30. The normalized spacial score (nSPS) is 14.9. The number of hydrogen-bond donors (Lipinski definition) is 2. The van der Waals surface area contributed by atoms with Crippen LogP contribution in [-0.4, -0.2) is 59.2 Å². The van der Waals surface area contributed by atoms with Crippen molar-refractivity contribution in [3.63, 3.8) is 0 Å². The number of aromatic nitrogens is 3. The number of anilines is 2. The Morgan fingerprint density at radius 3 is 2.79 bits per heavy atom. The molecular formula is C19H21ClN6OS. The highest BCUT2D eigenvalue weighted by Gasteiger charge is 2.13. The van der Waals surface area contributed by atoms with Crippen LogP contribution in [0, 0.1) is 0 Å². The molecule has 0 radical (unpaired) electrons. The highest BCUT2D eigenvalue weighted by molar-refractivity contribution is 7.18. The Kier molecular flexibility index (Phi) is 6.01. The van der Waals surface area contributed by atoms with Gasteiger partial charge in [-0.05, 0) is 12.1 Å². The van der Waals surface area contributed by atoms with E-state index < -0.39 is 0 Å². The summed E-state index contributed by atoms with van der Waals surface area (Å²) in [6, 6.07) is 9.44. The van der Waals surface area contributed by atoms with Crippen LogP contribution in [0.4, 0.5) is 11.1 Å². The second-order valence-electron chi connectivity index (χ2n) is 6.39. The Morgan fingerprint density at radius 2 is 1.96 bits per heavy atom. The van der Waals surface area contributed by atoms with Crippen molar-refractivity contribution in [1.29, 1.82) is 0 Å². The number of rotatable bonds is 6. The van der Waals surface area contributed by atoms with Gasteiger partial charge in [0.25, 0.3) is 0 Å². The summed E-state index contributed by atoms with van der Waals surface area (Å²) in [4.78, 5) is 16.5. The van der Waals surface area contributed by atoms with E-state index in [0.29, 0.717) is 10.7 Å². The summed E-state index contributed by atoms with van der Waals surface area (Å²) in [7, 11) is 0. The first-order valence-corrected chi connectivity index (χ1v) is 10.3. The van der Waals surface area contributed by atoms with Crippen molar-refractivity contribution in [2.24, 2.45) is 0 Å². The molecule has 3 N–H and O–H groups in total. The zero-order valence-electron chi connectivity index (χ0n) is 15.3. The Balaban J connectivity index is 1.46. The molecule has 0 saturated carbocycles. The molecule has 0 unspecified atom stereocenters. The molecule has 1 aromatic carbocycles. The van der Waals surface area contributed by atoms with Crippen molar-refractivity contribution in [3.8, 4) is 21.8 Å². The molecule has 0 spiro atoms. The summed E-state index contributed by atoms with van der Waals surface area (Å²) < 4.78 is 5.37. The molecule has 28 heavy (non-hydrogen) atoms. The van der Waals surface area contributed by atoms with Crippen molar-refractivity contribution in [2.75, 3.05) is 50.4 Å². The van der Waals surface area contributed by atoms with Gasteiger partial charge in [0, 0.05) is 43.0 Å². The van der Waals surface area contributed by atoms with Gasteiger partial charge in [0.05, 0.1) is 29.5 Å². The number of nitrogens with zero attached hydrogens (tertiary/aromatic N) is 4. The molecule has 0 atom stereocenters. The standard InChI is InChI=1S/C19H21ClN6OS/c20-14-4-2-1-3-13(14)15-11-16(25-18(21)24-15)17-12-23-19(28-17)22-5-6-26-7-9-27-10-8-26/h1-4,11-12H,5-10H2,(H,22,23)(H2,21,24,25). The number of benzene rings is 1. The Hall–Kier alpha value is -2.26. The first-order chi connectivity index (χ1) is 13.7. The van der Waals surface area contributed by atoms with Gasteiger partial charge in [-0.15, -0.1) is 0 Å². The van der Waals surface area contributed by atoms with E-state index >= 15 is 0 Å². The lowest BCUT2D eigenvalue weighted by Crippen LogP contribution is -2.38. The monoisotopic (exact) mass is 416 g/mol. The van der Waals surface area contributed by atoms with Crippen LogP contribution in [0.15, 0.2) is 36.5 Å². The molecule has 1 fully saturated rings. The highest BCUT2D eigenvalue weighted by Crippen LogP contribution is 2.32. The van der Waals surface area contributed by atoms with Crippen LogP contribution in [0.3, 0.4) is 0 Å². The molecule has 4 rings (SSSR count). The minimum atomic E-state index is 0.211. The Morgan fingerprint density at radius 1 is 1.18 bits per heavy atom. The lowest BCUT2D eigenvalue weighted by atomic mass is 10.1. The lowest BCUT2D eigenvalue weighted by Gasteiger charge is -2.26. The average Bonchev–Trinajstić information content (AvgIpc) is 3.18. The van der Waals surface area contributed by atoms with E-state index in [1.54, 1.807) is 17.5 Å². The molecule has 7 nitrogen and oxygen atoms in total. The lowest BCUT2D eigenvalue weighted by molar-refractivity contribution is 0.0398. The number of halogens is 1. The summed E-state index contributed by atoms with van der Waals surface area (Å²) in [6.07, 6.45) is 1.81. The molecule has 146 valence electrons. The Bertz CT molecular complexity index is 944. The van der Waals surface area contributed by atoms with Gasteiger partial charge in [-0.3, -0.25) is 4.90 Å². The molecule has 3 heterocycles. The molecular weight excluding hydrogens is 396 g/mol. The van der Waals surface area contributed by atoms with E-state index in [0.717, 1.165) is 60.7 Å². The van der Waals surface area contributed by atoms with Crippen LogP contribution in [0.5, 0.6) is 0 Å². The van der Waals surface area contributed by atoms with Crippen molar-refractivity contribution in [2.45, 2.75) is 0 Å². The first kappa shape index (κ1) is 19.1. The number of nitrogen functional groups attached to an aromatic ring is 1. The van der Waals surface area contributed by atoms with Gasteiger partial charge in [-0.2, -0.15) is 0 Å². The fraction of sp³-hybridized carbons (Fsp3) is 0.316. The summed E-state index contributed by atoms with van der Waals surface area (Å²) in [5, 5.41) is 4.87. The van der Waals surface area contributed by atoms with Gasteiger partial charge >= 0.3 is 0 Å². The van der Waals surface area contributed by atoms with Crippen LogP contribution in [0.1, 0.15) is 0 Å². The molecule has 1 aliphatic heterocycles. The van der Waals surface area contributed by atoms with E-state index in [2.05, 4.69) is 25.2 Å². The van der Waals surface area contributed by atoms with Crippen LogP contribution >= 0.6 is 22.9 Å². The Labute approximate surface area is 172 Å². The number of nitrogens with one attached hydrogen (secondary N) is 1. The molecule has 1 saturated heterocycles. The smallest absolute Gasteiger partial charge is 0.221 e. The molecule has 1 aliphatic rings. The number of thiazole rings is 1. The summed E-state index contributed by atoms with van der Waals surface area (Å²) in [6.45, 7) is 5.39. The number of hydrogen-bond acceptors (Lipinski definition) is 8. The van der Waals surface area contributed by atoms with Gasteiger partial charge in [-0.1, -0.05) is 41.1 Å². The summed E-state index contributed by atoms with van der Waals surface area (Å²) >= 11 is 7.85. The second kappa shape index (κ2) is 8.83.